The van der Waals surface area contributed by atoms with Crippen molar-refractivity contribution in [1.29, 1.82) is 0 Å². The average molecular weight is 217 g/mol. The Hall–Kier alpha value is 1.10. The molecule has 0 aromatic rings. The summed E-state index contributed by atoms with van der Waals surface area (Å²) in [7, 11) is 0. The van der Waals surface area contributed by atoms with Crippen LogP contribution in [0.4, 0.5) is 0 Å². The Morgan fingerprint density at radius 1 is 0.900 bits per heavy atom. The van der Waals surface area contributed by atoms with E-state index < -0.39 is 0 Å². The van der Waals surface area contributed by atoms with E-state index >= 15 is 0 Å². The molecule has 0 heterocycles. The van der Waals surface area contributed by atoms with Gasteiger partial charge in [0.05, 0.1) is 0 Å². The zero-order valence-corrected chi connectivity index (χ0v) is 10.5. The summed E-state index contributed by atoms with van der Waals surface area (Å²) >= 11 is 0. The minimum absolute atomic E-state index is 0. The third-order valence-electron chi connectivity index (χ3n) is 1.89. The summed E-state index contributed by atoms with van der Waals surface area (Å²) in [4.78, 5) is 0. The minimum Gasteiger partial charge on any atom is -0.358 e. The van der Waals surface area contributed by atoms with Gasteiger partial charge in [-0.3, -0.25) is 0 Å². The van der Waals surface area contributed by atoms with Gasteiger partial charge in [0.1, 0.15) is 0 Å². The summed E-state index contributed by atoms with van der Waals surface area (Å²) in [6, 6.07) is 0. The first-order valence-electron chi connectivity index (χ1n) is 3.39. The van der Waals surface area contributed by atoms with Gasteiger partial charge >= 0.3 is 0 Å². The fourth-order valence-corrected chi connectivity index (χ4v) is 1.31. The van der Waals surface area contributed by atoms with Crippen LogP contribution in [0.5, 0.6) is 0 Å². The van der Waals surface area contributed by atoms with E-state index in [2.05, 4.69) is 6.92 Å². The molecule has 0 aromatic carbocycles. The van der Waals surface area contributed by atoms with Gasteiger partial charge in [-0.25, -0.2) is 0 Å². The van der Waals surface area contributed by atoms with E-state index in [1.165, 1.54) is 32.1 Å². The monoisotopic (exact) mass is 217 g/mol. The SMILES string of the molecule is CC1CCCCC1.[CH3-].[CH3-].[Y]. The molecule has 61 valence electrons. The van der Waals surface area contributed by atoms with E-state index in [1.54, 1.807) is 0 Å². The molecule has 0 unspecified atom stereocenters. The van der Waals surface area contributed by atoms with E-state index in [4.69, 9.17) is 0 Å². The largest absolute Gasteiger partial charge is 0.358 e. The Labute approximate surface area is 92.0 Å². The molecule has 1 radical (unpaired) electrons. The van der Waals surface area contributed by atoms with E-state index in [9.17, 15) is 0 Å². The summed E-state index contributed by atoms with van der Waals surface area (Å²) in [5.41, 5.74) is 0. The molecule has 0 amide bonds. The standard InChI is InChI=1S/C7H14.2CH3.Y/c1-7-5-3-2-4-6-7;;;/h7H,2-6H2,1H3;2*1H3;/q;2*-1;. The van der Waals surface area contributed by atoms with Crippen LogP contribution >= 0.6 is 0 Å². The molecule has 1 rings (SSSR count). The van der Waals surface area contributed by atoms with Crippen molar-refractivity contribution in [2.75, 3.05) is 0 Å². The molecule has 0 N–H and O–H groups in total. The van der Waals surface area contributed by atoms with Crippen LogP contribution in [0, 0.1) is 20.8 Å². The molecule has 1 fully saturated rings. The quantitative estimate of drug-likeness (QED) is 0.545. The maximum atomic E-state index is 2.36. The maximum absolute atomic E-state index is 2.36. The second-order valence-corrected chi connectivity index (χ2v) is 2.74. The fourth-order valence-electron chi connectivity index (χ4n) is 1.31. The molecule has 0 spiro atoms. The van der Waals surface area contributed by atoms with Crippen LogP contribution in [0.3, 0.4) is 0 Å². The topological polar surface area (TPSA) is 0 Å². The predicted octanol–water partition coefficient (Wildman–Crippen LogP) is 3.48. The molecule has 0 nitrogen and oxygen atoms in total. The Balaban J connectivity index is -0.000000163. The van der Waals surface area contributed by atoms with Crippen LogP contribution in [-0.4, -0.2) is 0 Å². The summed E-state index contributed by atoms with van der Waals surface area (Å²) < 4.78 is 0. The average Bonchev–Trinajstić information content (AvgIpc) is 1.69. The molecule has 1 aliphatic rings. The van der Waals surface area contributed by atoms with Crippen LogP contribution in [0.15, 0.2) is 0 Å². The fraction of sp³-hybridized carbons (Fsp3) is 0.778. The molecule has 0 bridgehead atoms. The van der Waals surface area contributed by atoms with Crippen molar-refractivity contribution < 1.29 is 32.7 Å². The van der Waals surface area contributed by atoms with E-state index in [-0.39, 0.29) is 47.6 Å². The van der Waals surface area contributed by atoms with Crippen molar-refractivity contribution in [3.63, 3.8) is 0 Å². The van der Waals surface area contributed by atoms with Crippen molar-refractivity contribution >= 4 is 0 Å². The molecule has 0 saturated heterocycles. The number of hydrogen-bond acceptors (Lipinski definition) is 0. The van der Waals surface area contributed by atoms with Gasteiger partial charge in [-0.1, -0.05) is 39.0 Å². The predicted molar refractivity (Wildman–Crippen MR) is 45.1 cm³/mol. The van der Waals surface area contributed by atoms with Gasteiger partial charge in [-0.15, -0.1) is 0 Å². The third-order valence-corrected chi connectivity index (χ3v) is 1.89. The Kier molecular flexibility index (Phi) is 17.4. The zero-order valence-electron chi connectivity index (χ0n) is 7.69. The van der Waals surface area contributed by atoms with Gasteiger partial charge in [0, 0.05) is 32.7 Å². The Bertz CT molecular complexity index is 46.7. The second kappa shape index (κ2) is 10.1. The first-order chi connectivity index (χ1) is 3.39. The smallest absolute Gasteiger partial charge is 0 e. The molecule has 1 aliphatic carbocycles. The Morgan fingerprint density at radius 2 is 1.30 bits per heavy atom. The van der Waals surface area contributed by atoms with E-state index in [1.807, 2.05) is 0 Å². The molecular formula is C9H20Y-2. The van der Waals surface area contributed by atoms with Crippen LogP contribution in [0.25, 0.3) is 0 Å². The molecule has 0 aliphatic heterocycles. The first-order valence-corrected chi connectivity index (χ1v) is 3.39. The summed E-state index contributed by atoms with van der Waals surface area (Å²) in [6.07, 6.45) is 7.44. The van der Waals surface area contributed by atoms with Gasteiger partial charge in [0.15, 0.2) is 0 Å². The van der Waals surface area contributed by atoms with E-state index in [0.717, 1.165) is 5.92 Å². The third kappa shape index (κ3) is 7.21. The normalized spacial score (nSPS) is 17.7. The van der Waals surface area contributed by atoms with Crippen molar-refractivity contribution in [1.82, 2.24) is 0 Å². The maximum Gasteiger partial charge on any atom is 0 e. The Morgan fingerprint density at radius 3 is 1.50 bits per heavy atom. The molecule has 0 aromatic heterocycles. The van der Waals surface area contributed by atoms with Crippen LogP contribution in [0.2, 0.25) is 0 Å². The molecule has 10 heavy (non-hydrogen) atoms. The van der Waals surface area contributed by atoms with Crippen molar-refractivity contribution in [2.24, 2.45) is 5.92 Å². The van der Waals surface area contributed by atoms with Crippen LogP contribution in [0.1, 0.15) is 39.0 Å². The second-order valence-electron chi connectivity index (χ2n) is 2.74. The molecule has 0 atom stereocenters. The number of hydrogen-bond donors (Lipinski definition) is 0. The minimum atomic E-state index is 0. The van der Waals surface area contributed by atoms with Crippen molar-refractivity contribution in [3.8, 4) is 0 Å². The summed E-state index contributed by atoms with van der Waals surface area (Å²) in [5.74, 6) is 1.04. The summed E-state index contributed by atoms with van der Waals surface area (Å²) in [5, 5.41) is 0. The molecular weight excluding hydrogens is 197 g/mol. The molecule has 1 heteroatoms. The summed E-state index contributed by atoms with van der Waals surface area (Å²) in [6.45, 7) is 2.36. The van der Waals surface area contributed by atoms with Gasteiger partial charge < -0.3 is 14.9 Å². The molecule has 1 saturated carbocycles. The van der Waals surface area contributed by atoms with E-state index in [0.29, 0.717) is 0 Å². The van der Waals surface area contributed by atoms with Gasteiger partial charge in [-0.05, 0) is 5.92 Å². The van der Waals surface area contributed by atoms with Crippen LogP contribution in [-0.2, 0) is 32.7 Å². The van der Waals surface area contributed by atoms with Crippen LogP contribution < -0.4 is 0 Å². The zero-order chi connectivity index (χ0) is 5.11. The van der Waals surface area contributed by atoms with Crippen molar-refractivity contribution in [3.05, 3.63) is 14.9 Å². The van der Waals surface area contributed by atoms with Crippen molar-refractivity contribution in [2.45, 2.75) is 39.0 Å². The first kappa shape index (κ1) is 17.3. The van der Waals surface area contributed by atoms with Gasteiger partial charge in [-0.2, -0.15) is 0 Å². The number of rotatable bonds is 0. The van der Waals surface area contributed by atoms with Gasteiger partial charge in [0.25, 0.3) is 0 Å². The van der Waals surface area contributed by atoms with Gasteiger partial charge in [0.2, 0.25) is 0 Å².